The number of carbonyl (C=O) groups excluding carboxylic acids is 1. The van der Waals surface area contributed by atoms with Gasteiger partial charge in [0, 0.05) is 19.0 Å². The van der Waals surface area contributed by atoms with Gasteiger partial charge in [-0.1, -0.05) is 6.07 Å². The molecule has 1 amide bonds. The van der Waals surface area contributed by atoms with Crippen molar-refractivity contribution in [2.24, 2.45) is 0 Å². The smallest absolute Gasteiger partial charge is 0.241 e. The van der Waals surface area contributed by atoms with Crippen molar-refractivity contribution in [2.45, 2.75) is 12.8 Å². The molecule has 1 aromatic carbocycles. The first kappa shape index (κ1) is 9.02. The van der Waals surface area contributed by atoms with Crippen LogP contribution < -0.4 is 10.4 Å². The van der Waals surface area contributed by atoms with Gasteiger partial charge in [-0.2, -0.15) is 0 Å². The Balaban J connectivity index is 2.24. The van der Waals surface area contributed by atoms with Crippen molar-refractivity contribution in [1.82, 2.24) is 5.43 Å². The van der Waals surface area contributed by atoms with E-state index in [1.165, 1.54) is 5.01 Å². The van der Waals surface area contributed by atoms with Crippen molar-refractivity contribution >= 4 is 11.6 Å². The van der Waals surface area contributed by atoms with Crippen molar-refractivity contribution in [3.05, 3.63) is 24.3 Å². The Morgan fingerprint density at radius 1 is 1.43 bits per heavy atom. The molecule has 0 aliphatic carbocycles. The van der Waals surface area contributed by atoms with Crippen LogP contribution >= 0.6 is 0 Å². The molecule has 1 saturated heterocycles. The third-order valence-corrected chi connectivity index (χ3v) is 2.17. The van der Waals surface area contributed by atoms with Crippen LogP contribution in [0.1, 0.15) is 12.8 Å². The van der Waals surface area contributed by atoms with E-state index < -0.39 is 0 Å². The Morgan fingerprint density at radius 2 is 2.29 bits per heavy atom. The number of nitrogens with zero attached hydrogens (tertiary/aromatic N) is 1. The van der Waals surface area contributed by atoms with E-state index in [2.05, 4.69) is 5.43 Å². The monoisotopic (exact) mass is 192 g/mol. The first-order chi connectivity index (χ1) is 6.77. The highest BCUT2D eigenvalue weighted by Gasteiger charge is 2.19. The molecule has 2 N–H and O–H groups in total. The Labute approximate surface area is 82.1 Å². The molecule has 0 radical (unpaired) electrons. The second-order valence-electron chi connectivity index (χ2n) is 3.26. The van der Waals surface area contributed by atoms with Crippen LogP contribution in [-0.4, -0.2) is 17.6 Å². The van der Waals surface area contributed by atoms with Gasteiger partial charge in [-0.25, -0.2) is 10.4 Å². The van der Waals surface area contributed by atoms with E-state index in [1.54, 1.807) is 24.3 Å². The third kappa shape index (κ3) is 1.70. The SMILES string of the molecule is O=C1CCCNN1c1cccc(O)c1. The van der Waals surface area contributed by atoms with Crippen molar-refractivity contribution in [2.75, 3.05) is 11.6 Å². The highest BCUT2D eigenvalue weighted by molar-refractivity contribution is 5.93. The van der Waals surface area contributed by atoms with Crippen molar-refractivity contribution in [3.63, 3.8) is 0 Å². The molecule has 1 heterocycles. The standard InChI is InChI=1S/C10H12N2O2/c13-9-4-1-3-8(7-9)12-10(14)5-2-6-11-12/h1,3-4,7,11,13H,2,5-6H2. The average Bonchev–Trinajstić information content (AvgIpc) is 2.18. The van der Waals surface area contributed by atoms with E-state index in [0.717, 1.165) is 13.0 Å². The first-order valence-corrected chi connectivity index (χ1v) is 4.63. The van der Waals surface area contributed by atoms with Gasteiger partial charge in [-0.05, 0) is 18.6 Å². The largest absolute Gasteiger partial charge is 0.508 e. The van der Waals surface area contributed by atoms with Gasteiger partial charge in [0.05, 0.1) is 5.69 Å². The molecule has 1 fully saturated rings. The number of hydrogen-bond acceptors (Lipinski definition) is 3. The van der Waals surface area contributed by atoms with E-state index >= 15 is 0 Å². The average molecular weight is 192 g/mol. The molecule has 0 spiro atoms. The highest BCUT2D eigenvalue weighted by atomic mass is 16.3. The van der Waals surface area contributed by atoms with Gasteiger partial charge in [0.1, 0.15) is 5.75 Å². The van der Waals surface area contributed by atoms with Gasteiger partial charge >= 0.3 is 0 Å². The molecule has 1 aliphatic heterocycles. The van der Waals surface area contributed by atoms with E-state index in [0.29, 0.717) is 12.1 Å². The topological polar surface area (TPSA) is 52.6 Å². The molecule has 74 valence electrons. The quantitative estimate of drug-likeness (QED) is 0.698. The predicted octanol–water partition coefficient (Wildman–Crippen LogP) is 1.02. The number of amides is 1. The van der Waals surface area contributed by atoms with Crippen molar-refractivity contribution in [3.8, 4) is 5.75 Å². The number of carbonyl (C=O) groups is 1. The van der Waals surface area contributed by atoms with Crippen LogP contribution in [0.25, 0.3) is 0 Å². The van der Waals surface area contributed by atoms with Crippen molar-refractivity contribution < 1.29 is 9.90 Å². The summed E-state index contributed by atoms with van der Waals surface area (Å²) in [6.45, 7) is 0.793. The normalized spacial score (nSPS) is 17.1. The van der Waals surface area contributed by atoms with Crippen LogP contribution in [0.4, 0.5) is 5.69 Å². The number of benzene rings is 1. The van der Waals surface area contributed by atoms with Gasteiger partial charge < -0.3 is 5.11 Å². The molecule has 4 nitrogen and oxygen atoms in total. The van der Waals surface area contributed by atoms with E-state index in [4.69, 9.17) is 0 Å². The van der Waals surface area contributed by atoms with E-state index in [1.807, 2.05) is 0 Å². The lowest BCUT2D eigenvalue weighted by molar-refractivity contribution is -0.120. The maximum Gasteiger partial charge on any atom is 0.241 e. The number of hydrazine groups is 1. The summed E-state index contributed by atoms with van der Waals surface area (Å²) in [6, 6.07) is 6.65. The Morgan fingerprint density at radius 3 is 3.00 bits per heavy atom. The van der Waals surface area contributed by atoms with Gasteiger partial charge in [0.15, 0.2) is 0 Å². The zero-order chi connectivity index (χ0) is 9.97. The minimum absolute atomic E-state index is 0.0434. The lowest BCUT2D eigenvalue weighted by Crippen LogP contribution is -2.47. The highest BCUT2D eigenvalue weighted by Crippen LogP contribution is 2.20. The number of rotatable bonds is 1. The van der Waals surface area contributed by atoms with Gasteiger partial charge in [0.25, 0.3) is 0 Å². The fourth-order valence-electron chi connectivity index (χ4n) is 1.50. The molecule has 4 heteroatoms. The van der Waals surface area contributed by atoms with Crippen LogP contribution in [0.15, 0.2) is 24.3 Å². The summed E-state index contributed by atoms with van der Waals surface area (Å²) in [5.41, 5.74) is 3.67. The molecule has 1 aliphatic rings. The summed E-state index contributed by atoms with van der Waals surface area (Å²) in [7, 11) is 0. The molecular formula is C10H12N2O2. The minimum Gasteiger partial charge on any atom is -0.508 e. The number of phenols is 1. The van der Waals surface area contributed by atoms with Crippen LogP contribution in [0, 0.1) is 0 Å². The molecular weight excluding hydrogens is 180 g/mol. The Kier molecular flexibility index (Phi) is 2.37. The van der Waals surface area contributed by atoms with Crippen LogP contribution in [0.5, 0.6) is 5.75 Å². The maximum atomic E-state index is 11.5. The number of hydrogen-bond donors (Lipinski definition) is 2. The fraction of sp³-hybridized carbons (Fsp3) is 0.300. The number of nitrogens with one attached hydrogen (secondary N) is 1. The number of aromatic hydroxyl groups is 1. The van der Waals surface area contributed by atoms with Crippen LogP contribution in [-0.2, 0) is 4.79 Å². The molecule has 2 rings (SSSR count). The number of anilines is 1. The summed E-state index contributed by atoms with van der Waals surface area (Å²) in [5, 5.41) is 10.8. The summed E-state index contributed by atoms with van der Waals surface area (Å²) in [6.07, 6.45) is 1.43. The lowest BCUT2D eigenvalue weighted by atomic mass is 10.2. The Hall–Kier alpha value is -1.55. The third-order valence-electron chi connectivity index (χ3n) is 2.17. The zero-order valence-corrected chi connectivity index (χ0v) is 7.73. The number of phenolic OH excluding ortho intramolecular Hbond substituents is 1. The maximum absolute atomic E-state index is 11.5. The molecule has 1 aromatic rings. The summed E-state index contributed by atoms with van der Waals surface area (Å²) < 4.78 is 0. The van der Waals surface area contributed by atoms with Gasteiger partial charge in [-0.15, -0.1) is 0 Å². The molecule has 0 atom stereocenters. The Bertz CT molecular complexity index is 352. The summed E-state index contributed by atoms with van der Waals surface area (Å²) >= 11 is 0. The van der Waals surface area contributed by atoms with E-state index in [-0.39, 0.29) is 11.7 Å². The molecule has 14 heavy (non-hydrogen) atoms. The first-order valence-electron chi connectivity index (χ1n) is 4.63. The molecule has 0 saturated carbocycles. The predicted molar refractivity (Wildman–Crippen MR) is 52.8 cm³/mol. The van der Waals surface area contributed by atoms with Gasteiger partial charge in [-0.3, -0.25) is 4.79 Å². The van der Waals surface area contributed by atoms with Crippen LogP contribution in [0.2, 0.25) is 0 Å². The summed E-state index contributed by atoms with van der Waals surface area (Å²) in [5.74, 6) is 0.213. The molecule has 0 unspecified atom stereocenters. The van der Waals surface area contributed by atoms with E-state index in [9.17, 15) is 9.90 Å². The fourth-order valence-corrected chi connectivity index (χ4v) is 1.50. The lowest BCUT2D eigenvalue weighted by Gasteiger charge is -2.27. The van der Waals surface area contributed by atoms with Crippen molar-refractivity contribution in [1.29, 1.82) is 0 Å². The zero-order valence-electron chi connectivity index (χ0n) is 7.73. The summed E-state index contributed by atoms with van der Waals surface area (Å²) in [4.78, 5) is 11.5. The second-order valence-corrected chi connectivity index (χ2v) is 3.26. The minimum atomic E-state index is 0.0434. The van der Waals surface area contributed by atoms with Gasteiger partial charge in [0.2, 0.25) is 5.91 Å². The van der Waals surface area contributed by atoms with Crippen LogP contribution in [0.3, 0.4) is 0 Å². The molecule has 0 aromatic heterocycles. The molecule has 0 bridgehead atoms. The second kappa shape index (κ2) is 3.67.